The molecule has 0 unspecified atom stereocenters. The predicted molar refractivity (Wildman–Crippen MR) is 77.1 cm³/mol. The third-order valence-corrected chi connectivity index (χ3v) is 1.82. The van der Waals surface area contributed by atoms with Gasteiger partial charge in [0.2, 0.25) is 0 Å². The summed E-state index contributed by atoms with van der Waals surface area (Å²) in [7, 11) is 5.12. The molecule has 0 atom stereocenters. The number of aliphatic carboxylic acids is 1. The van der Waals surface area contributed by atoms with Crippen molar-refractivity contribution in [3.05, 3.63) is 0 Å². The normalized spacial score (nSPS) is 9.95. The fourth-order valence-electron chi connectivity index (χ4n) is 0.415. The van der Waals surface area contributed by atoms with Crippen LogP contribution in [0, 0.1) is 0 Å². The number of aliphatic hydroxyl groups is 2. The molecule has 0 radical (unpaired) electrons. The summed E-state index contributed by atoms with van der Waals surface area (Å²) in [4.78, 5) is 14.5. The second kappa shape index (κ2) is 18.1. The molecule has 0 heterocycles. The Morgan fingerprint density at radius 2 is 1.20 bits per heavy atom. The summed E-state index contributed by atoms with van der Waals surface area (Å²) in [5.41, 5.74) is 15.3. The summed E-state index contributed by atoms with van der Waals surface area (Å²) in [5, 5.41) is 24.3. The molecule has 0 aromatic carbocycles. The van der Waals surface area contributed by atoms with Crippen molar-refractivity contribution in [3.63, 3.8) is 0 Å². The zero-order chi connectivity index (χ0) is 16.6. The lowest BCUT2D eigenvalue weighted by Crippen LogP contribution is -2.30. The molecule has 0 aliphatic heterocycles. The zero-order valence-electron chi connectivity index (χ0n) is 12.6. The first-order valence-corrected chi connectivity index (χ1v) is 5.88. The minimum atomic E-state index is -0.849. The lowest BCUT2D eigenvalue weighted by atomic mass is 10.6. The van der Waals surface area contributed by atoms with Gasteiger partial charge in [-0.1, -0.05) is 0 Å². The van der Waals surface area contributed by atoms with Crippen molar-refractivity contribution in [1.82, 2.24) is 14.7 Å². The van der Waals surface area contributed by atoms with Crippen molar-refractivity contribution in [2.24, 2.45) is 17.2 Å². The molecule has 20 heavy (non-hydrogen) atoms. The van der Waals surface area contributed by atoms with Crippen molar-refractivity contribution in [1.29, 1.82) is 0 Å². The van der Waals surface area contributed by atoms with Gasteiger partial charge < -0.3 is 32.5 Å². The topological polar surface area (TPSA) is 166 Å². The lowest BCUT2D eigenvalue weighted by Gasteiger charge is -2.08. The van der Waals surface area contributed by atoms with E-state index < -0.39 is 5.97 Å². The number of hydrogen-bond acceptors (Lipinski definition) is 9. The number of hydrogen-bond donors (Lipinski definition) is 6. The van der Waals surface area contributed by atoms with Gasteiger partial charge in [0.25, 0.3) is 0 Å². The fraction of sp³-hybridized carbons (Fsp3) is 0.900. The number of likely N-dealkylation sites (N-methyl/N-ethyl adjacent to an activating group) is 1. The summed E-state index contributed by atoms with van der Waals surface area (Å²) in [6, 6.07) is 0. The number of nitrogens with zero attached hydrogens (tertiary/aromatic N) is 3. The highest BCUT2D eigenvalue weighted by Crippen LogP contribution is 1.73. The van der Waals surface area contributed by atoms with Crippen molar-refractivity contribution in [2.75, 3.05) is 61.2 Å². The Labute approximate surface area is 120 Å². The molecule has 0 aromatic heterocycles. The molecule has 0 fully saturated rings. The predicted octanol–water partition coefficient (Wildman–Crippen LogP) is -3.51. The SMILES string of the molecule is CN(CN)CC(=O)O.CN(CN)CN.CN(CO)CO. The van der Waals surface area contributed by atoms with Crippen LogP contribution in [0.4, 0.5) is 0 Å². The summed E-state index contributed by atoms with van der Waals surface area (Å²) in [5.74, 6) is -0.849. The molecule has 0 amide bonds. The van der Waals surface area contributed by atoms with Gasteiger partial charge in [0.05, 0.1) is 20.0 Å². The molecule has 0 saturated heterocycles. The Bertz CT molecular complexity index is 192. The van der Waals surface area contributed by atoms with Crippen LogP contribution >= 0.6 is 0 Å². The van der Waals surface area contributed by atoms with Gasteiger partial charge in [0.15, 0.2) is 0 Å². The van der Waals surface area contributed by atoms with E-state index in [1.54, 1.807) is 19.0 Å². The summed E-state index contributed by atoms with van der Waals surface area (Å²) >= 11 is 0. The molecule has 0 saturated carbocycles. The first kappa shape index (κ1) is 24.2. The molecule has 10 nitrogen and oxygen atoms in total. The van der Waals surface area contributed by atoms with Gasteiger partial charge in [-0.15, -0.1) is 0 Å². The van der Waals surface area contributed by atoms with E-state index in [2.05, 4.69) is 0 Å². The van der Waals surface area contributed by atoms with Gasteiger partial charge in [0.1, 0.15) is 0 Å². The highest BCUT2D eigenvalue weighted by atomic mass is 16.4. The minimum Gasteiger partial charge on any atom is -0.480 e. The average Bonchev–Trinajstić information content (AvgIpc) is 2.45. The Balaban J connectivity index is -0.000000221. The van der Waals surface area contributed by atoms with Crippen LogP contribution in [0.2, 0.25) is 0 Å². The molecule has 9 N–H and O–H groups in total. The standard InChI is InChI=1S/C4H10N2O2.C3H11N3.C3H9NO2/c1-6(3-5)2-4(7)8;1-6(2-4)3-5;1-4(2-5)3-6/h2-3,5H2,1H3,(H,7,8);2-5H2,1H3;5-6H,2-3H2,1H3. The Morgan fingerprint density at radius 3 is 1.25 bits per heavy atom. The second-order valence-electron chi connectivity index (χ2n) is 3.95. The average molecular weight is 298 g/mol. The molecule has 0 aromatic rings. The molecule has 10 heteroatoms. The molecular formula is C10H30N6O4. The van der Waals surface area contributed by atoms with Crippen molar-refractivity contribution in [2.45, 2.75) is 0 Å². The van der Waals surface area contributed by atoms with Crippen LogP contribution in [-0.4, -0.2) is 97.1 Å². The number of aliphatic hydroxyl groups excluding tert-OH is 2. The van der Waals surface area contributed by atoms with Gasteiger partial charge in [0, 0.05) is 20.0 Å². The molecule has 0 spiro atoms. The maximum Gasteiger partial charge on any atom is 0.317 e. The minimum absolute atomic E-state index is 0.0104. The van der Waals surface area contributed by atoms with Crippen molar-refractivity contribution in [3.8, 4) is 0 Å². The van der Waals surface area contributed by atoms with Crippen LogP contribution in [0.1, 0.15) is 0 Å². The quantitative estimate of drug-likeness (QED) is 0.259. The fourth-order valence-corrected chi connectivity index (χ4v) is 0.415. The van der Waals surface area contributed by atoms with Crippen LogP contribution in [0.3, 0.4) is 0 Å². The van der Waals surface area contributed by atoms with Crippen molar-refractivity contribution < 1.29 is 20.1 Å². The summed E-state index contributed by atoms with van der Waals surface area (Å²) in [6.07, 6.45) is 0. The smallest absolute Gasteiger partial charge is 0.317 e. The zero-order valence-corrected chi connectivity index (χ0v) is 12.6. The van der Waals surface area contributed by atoms with Gasteiger partial charge in [-0.2, -0.15) is 0 Å². The van der Waals surface area contributed by atoms with E-state index in [0.717, 1.165) is 0 Å². The van der Waals surface area contributed by atoms with E-state index in [0.29, 0.717) is 13.3 Å². The third-order valence-electron chi connectivity index (χ3n) is 1.82. The first-order chi connectivity index (χ1) is 9.28. The van der Waals surface area contributed by atoms with E-state index >= 15 is 0 Å². The third kappa shape index (κ3) is 25.9. The van der Waals surface area contributed by atoms with Gasteiger partial charge >= 0.3 is 5.97 Å². The van der Waals surface area contributed by atoms with Crippen LogP contribution in [0.5, 0.6) is 0 Å². The van der Waals surface area contributed by atoms with Crippen molar-refractivity contribution >= 4 is 5.97 Å². The molecular weight excluding hydrogens is 268 g/mol. The Kier molecular flexibility index (Phi) is 21.9. The first-order valence-electron chi connectivity index (χ1n) is 5.88. The summed E-state index contributed by atoms with van der Waals surface area (Å²) < 4.78 is 0. The number of carbonyl (C=O) groups is 1. The Morgan fingerprint density at radius 1 is 0.850 bits per heavy atom. The largest absolute Gasteiger partial charge is 0.480 e. The highest BCUT2D eigenvalue weighted by molar-refractivity contribution is 5.68. The van der Waals surface area contributed by atoms with Crippen LogP contribution in [0.25, 0.3) is 0 Å². The van der Waals surface area contributed by atoms with Gasteiger partial charge in [-0.25, -0.2) is 0 Å². The summed E-state index contributed by atoms with van der Waals surface area (Å²) in [6.45, 7) is 1.20. The van der Waals surface area contributed by atoms with E-state index in [-0.39, 0.29) is 26.7 Å². The maximum absolute atomic E-state index is 9.87. The number of rotatable bonds is 7. The second-order valence-corrected chi connectivity index (χ2v) is 3.95. The van der Waals surface area contributed by atoms with Crippen LogP contribution in [0.15, 0.2) is 0 Å². The van der Waals surface area contributed by atoms with Crippen LogP contribution in [-0.2, 0) is 4.79 Å². The molecule has 0 aliphatic rings. The molecule has 0 aliphatic carbocycles. The highest BCUT2D eigenvalue weighted by Gasteiger charge is 1.98. The molecule has 124 valence electrons. The van der Waals surface area contributed by atoms with E-state index in [4.69, 9.17) is 32.5 Å². The maximum atomic E-state index is 9.87. The van der Waals surface area contributed by atoms with Gasteiger partial charge in [-0.05, 0) is 21.1 Å². The monoisotopic (exact) mass is 298 g/mol. The Hall–Kier alpha value is -0.850. The van der Waals surface area contributed by atoms with E-state index in [1.165, 1.54) is 9.80 Å². The van der Waals surface area contributed by atoms with E-state index in [1.807, 2.05) is 7.05 Å². The number of carboxylic acids is 1. The number of nitrogens with two attached hydrogens (primary N) is 3. The van der Waals surface area contributed by atoms with E-state index in [9.17, 15) is 4.79 Å². The van der Waals surface area contributed by atoms with Gasteiger partial charge in [-0.3, -0.25) is 19.5 Å². The van der Waals surface area contributed by atoms with Crippen LogP contribution < -0.4 is 17.2 Å². The number of carboxylic acid groups (broad SMARTS) is 1. The molecule has 0 rings (SSSR count). The lowest BCUT2D eigenvalue weighted by molar-refractivity contribution is -0.137. The molecule has 0 bridgehead atoms.